The Bertz CT molecular complexity index is 462. The summed E-state index contributed by atoms with van der Waals surface area (Å²) >= 11 is 0. The molecule has 21 heavy (non-hydrogen) atoms. The summed E-state index contributed by atoms with van der Waals surface area (Å²) in [6, 6.07) is 7.98. The van der Waals surface area contributed by atoms with Crippen molar-refractivity contribution in [3.63, 3.8) is 0 Å². The molecule has 1 aromatic carbocycles. The Morgan fingerprint density at radius 3 is 2.43 bits per heavy atom. The fourth-order valence-corrected chi connectivity index (χ4v) is 1.68. The summed E-state index contributed by atoms with van der Waals surface area (Å²) in [5, 5.41) is 11.5. The van der Waals surface area contributed by atoms with E-state index in [-0.39, 0.29) is 5.92 Å². The van der Waals surface area contributed by atoms with Gasteiger partial charge in [-0.15, -0.1) is 0 Å². The van der Waals surface area contributed by atoms with E-state index in [1.54, 1.807) is 20.9 Å². The highest BCUT2D eigenvalue weighted by Gasteiger charge is 2.24. The molecule has 0 bridgehead atoms. The lowest BCUT2D eigenvalue weighted by molar-refractivity contribution is -0.140. The number of amides is 2. The van der Waals surface area contributed by atoms with Gasteiger partial charge in [0.15, 0.2) is 0 Å². The number of carboxylic acid groups (broad SMARTS) is 1. The normalized spacial score (nSPS) is 11.8. The van der Waals surface area contributed by atoms with E-state index in [1.165, 1.54) is 4.90 Å². The van der Waals surface area contributed by atoms with Gasteiger partial charge in [-0.05, 0) is 18.1 Å². The van der Waals surface area contributed by atoms with Gasteiger partial charge in [-0.2, -0.15) is 0 Å². The molecule has 0 unspecified atom stereocenters. The van der Waals surface area contributed by atoms with Gasteiger partial charge in [0.25, 0.3) is 0 Å². The zero-order chi connectivity index (χ0) is 15.8. The van der Waals surface area contributed by atoms with E-state index in [4.69, 9.17) is 9.84 Å². The van der Waals surface area contributed by atoms with Crippen molar-refractivity contribution in [2.45, 2.75) is 19.9 Å². The summed E-state index contributed by atoms with van der Waals surface area (Å²) in [7, 11) is 1.60. The van der Waals surface area contributed by atoms with Crippen LogP contribution in [0.1, 0.15) is 13.8 Å². The second kappa shape index (κ2) is 8.14. The molecule has 0 aromatic heterocycles. The highest BCUT2D eigenvalue weighted by Crippen LogP contribution is 2.08. The van der Waals surface area contributed by atoms with E-state index in [1.807, 2.05) is 30.3 Å². The number of nitrogens with zero attached hydrogens (tertiary/aromatic N) is 1. The molecule has 116 valence electrons. The molecule has 1 atom stereocenters. The first-order chi connectivity index (χ1) is 9.91. The van der Waals surface area contributed by atoms with Crippen LogP contribution in [0.3, 0.4) is 0 Å². The van der Waals surface area contributed by atoms with Crippen LogP contribution in [0.15, 0.2) is 30.3 Å². The van der Waals surface area contributed by atoms with Crippen molar-refractivity contribution in [2.75, 3.05) is 20.2 Å². The number of likely N-dealkylation sites (N-methyl/N-ethyl adjacent to an activating group) is 1. The molecule has 0 saturated heterocycles. The third-order valence-electron chi connectivity index (χ3n) is 3.00. The smallest absolute Gasteiger partial charge is 0.326 e. The summed E-state index contributed by atoms with van der Waals surface area (Å²) in [6.07, 6.45) is 0. The molecule has 0 fully saturated rings. The van der Waals surface area contributed by atoms with Crippen LogP contribution in [-0.2, 0) is 4.79 Å². The number of hydrogen-bond acceptors (Lipinski definition) is 3. The molecular formula is C15H22N2O4. The molecule has 0 aliphatic heterocycles. The number of carbonyl (C=O) groups is 2. The molecule has 2 N–H and O–H groups in total. The van der Waals surface area contributed by atoms with Gasteiger partial charge in [0.05, 0.1) is 6.54 Å². The van der Waals surface area contributed by atoms with Gasteiger partial charge in [0, 0.05) is 7.05 Å². The number of ether oxygens (including phenoxy) is 1. The van der Waals surface area contributed by atoms with Gasteiger partial charge in [-0.3, -0.25) is 0 Å². The van der Waals surface area contributed by atoms with Crippen LogP contribution >= 0.6 is 0 Å². The summed E-state index contributed by atoms with van der Waals surface area (Å²) < 4.78 is 5.49. The fraction of sp³-hybridized carbons (Fsp3) is 0.467. The molecule has 0 aliphatic rings. The molecule has 0 heterocycles. The van der Waals surface area contributed by atoms with Crippen LogP contribution in [0.25, 0.3) is 0 Å². The number of hydrogen-bond donors (Lipinski definition) is 2. The SMILES string of the molecule is CC(C)[C@@H](NC(=O)N(C)CCOc1ccccc1)C(=O)O. The molecular weight excluding hydrogens is 272 g/mol. The van der Waals surface area contributed by atoms with Crippen LogP contribution in [0.4, 0.5) is 4.79 Å². The Labute approximate surface area is 124 Å². The van der Waals surface area contributed by atoms with Crippen molar-refractivity contribution >= 4 is 12.0 Å². The standard InChI is InChI=1S/C15H22N2O4/c1-11(2)13(14(18)19)16-15(20)17(3)9-10-21-12-7-5-4-6-8-12/h4-8,11,13H,9-10H2,1-3H3,(H,16,20)(H,18,19)/t13-/m1/s1. The number of rotatable bonds is 7. The predicted octanol–water partition coefficient (Wildman–Crippen LogP) is 1.82. The largest absolute Gasteiger partial charge is 0.492 e. The maximum atomic E-state index is 11.9. The number of carboxylic acids is 1. The van der Waals surface area contributed by atoms with E-state index in [9.17, 15) is 9.59 Å². The molecule has 1 aromatic rings. The summed E-state index contributed by atoms with van der Waals surface area (Å²) in [6.45, 7) is 4.20. The average molecular weight is 294 g/mol. The minimum atomic E-state index is -1.03. The van der Waals surface area contributed by atoms with Gasteiger partial charge >= 0.3 is 12.0 Å². The Hall–Kier alpha value is -2.24. The van der Waals surface area contributed by atoms with Crippen LogP contribution in [0, 0.1) is 5.92 Å². The van der Waals surface area contributed by atoms with Crippen LogP contribution in [0.2, 0.25) is 0 Å². The first-order valence-corrected chi connectivity index (χ1v) is 6.84. The fourth-order valence-electron chi connectivity index (χ4n) is 1.68. The van der Waals surface area contributed by atoms with E-state index in [0.29, 0.717) is 13.2 Å². The predicted molar refractivity (Wildman–Crippen MR) is 79.4 cm³/mol. The van der Waals surface area contributed by atoms with Gasteiger partial charge in [-0.25, -0.2) is 9.59 Å². The monoisotopic (exact) mass is 294 g/mol. The Morgan fingerprint density at radius 2 is 1.90 bits per heavy atom. The van der Waals surface area contributed by atoms with Gasteiger partial charge < -0.3 is 20.1 Å². The molecule has 2 amide bonds. The molecule has 0 aliphatic carbocycles. The molecule has 6 nitrogen and oxygen atoms in total. The van der Waals surface area contributed by atoms with Gasteiger partial charge in [0.1, 0.15) is 18.4 Å². The summed E-state index contributed by atoms with van der Waals surface area (Å²) in [5.74, 6) is -0.482. The molecule has 6 heteroatoms. The van der Waals surface area contributed by atoms with Crippen LogP contribution < -0.4 is 10.1 Å². The number of para-hydroxylation sites is 1. The van der Waals surface area contributed by atoms with Crippen LogP contribution in [-0.4, -0.2) is 48.2 Å². The van der Waals surface area contributed by atoms with Crippen molar-refractivity contribution in [2.24, 2.45) is 5.92 Å². The third kappa shape index (κ3) is 5.72. The van der Waals surface area contributed by atoms with Crippen molar-refractivity contribution < 1.29 is 19.4 Å². The Balaban J connectivity index is 2.39. The van der Waals surface area contributed by atoms with Crippen LogP contribution in [0.5, 0.6) is 5.75 Å². The van der Waals surface area contributed by atoms with E-state index < -0.39 is 18.0 Å². The minimum Gasteiger partial charge on any atom is -0.492 e. The average Bonchev–Trinajstić information content (AvgIpc) is 2.44. The molecule has 1 rings (SSSR count). The number of urea groups is 1. The Kier molecular flexibility index (Phi) is 6.52. The third-order valence-corrected chi connectivity index (χ3v) is 3.00. The number of benzene rings is 1. The first kappa shape index (κ1) is 16.8. The van der Waals surface area contributed by atoms with Crippen molar-refractivity contribution in [3.05, 3.63) is 30.3 Å². The number of aliphatic carboxylic acids is 1. The van der Waals surface area contributed by atoms with Crippen molar-refractivity contribution in [1.82, 2.24) is 10.2 Å². The lowest BCUT2D eigenvalue weighted by Gasteiger charge is -2.23. The highest BCUT2D eigenvalue weighted by atomic mass is 16.5. The molecule has 0 saturated carbocycles. The first-order valence-electron chi connectivity index (χ1n) is 6.84. The highest BCUT2D eigenvalue weighted by molar-refractivity contribution is 5.82. The van der Waals surface area contributed by atoms with Crippen molar-refractivity contribution in [3.8, 4) is 5.75 Å². The van der Waals surface area contributed by atoms with Gasteiger partial charge in [0.2, 0.25) is 0 Å². The molecule has 0 spiro atoms. The zero-order valence-electron chi connectivity index (χ0n) is 12.6. The quantitative estimate of drug-likeness (QED) is 0.804. The maximum absolute atomic E-state index is 11.9. The van der Waals surface area contributed by atoms with E-state index >= 15 is 0 Å². The minimum absolute atomic E-state index is 0.180. The van der Waals surface area contributed by atoms with E-state index in [2.05, 4.69) is 5.32 Å². The number of carbonyl (C=O) groups excluding carboxylic acids is 1. The molecule has 0 radical (unpaired) electrons. The lowest BCUT2D eigenvalue weighted by Crippen LogP contribution is -2.49. The van der Waals surface area contributed by atoms with Crippen molar-refractivity contribution in [1.29, 1.82) is 0 Å². The topological polar surface area (TPSA) is 78.9 Å². The summed E-state index contributed by atoms with van der Waals surface area (Å²) in [5.41, 5.74) is 0. The Morgan fingerprint density at radius 1 is 1.29 bits per heavy atom. The second-order valence-electron chi connectivity index (χ2n) is 5.09. The summed E-state index contributed by atoms with van der Waals surface area (Å²) in [4.78, 5) is 24.3. The second-order valence-corrected chi connectivity index (χ2v) is 5.09. The van der Waals surface area contributed by atoms with Gasteiger partial charge in [-0.1, -0.05) is 32.0 Å². The number of nitrogens with one attached hydrogen (secondary N) is 1. The zero-order valence-corrected chi connectivity index (χ0v) is 12.6. The van der Waals surface area contributed by atoms with E-state index in [0.717, 1.165) is 5.75 Å². The maximum Gasteiger partial charge on any atom is 0.326 e. The lowest BCUT2D eigenvalue weighted by atomic mass is 10.1.